The molecule has 0 fully saturated rings. The molecule has 0 radical (unpaired) electrons. The lowest BCUT2D eigenvalue weighted by Gasteiger charge is -1.92. The van der Waals surface area contributed by atoms with E-state index in [0.717, 1.165) is 6.54 Å². The molecule has 0 atom stereocenters. The first-order valence-electron chi connectivity index (χ1n) is 3.77. The number of nitriles is 1. The molecule has 1 heterocycles. The molecule has 1 aromatic heterocycles. The average molecular weight is 166 g/mol. The zero-order valence-corrected chi connectivity index (χ0v) is 7.10. The maximum Gasteiger partial charge on any atom is 0.244 e. The summed E-state index contributed by atoms with van der Waals surface area (Å²) in [5, 5.41) is 8.40. The van der Waals surface area contributed by atoms with Crippen LogP contribution in [0.15, 0.2) is 18.7 Å². The van der Waals surface area contributed by atoms with E-state index in [1.807, 2.05) is 27.9 Å². The summed E-state index contributed by atoms with van der Waals surface area (Å²) < 4.78 is 8.74. The monoisotopic (exact) mass is 166 g/mol. The largest absolute Gasteiger partial charge is 0.381 e. The number of nitrogens with zero attached hydrogens (tertiary/aromatic N) is 3. The summed E-state index contributed by atoms with van der Waals surface area (Å²) in [5.74, 6) is 0. The molecule has 0 bridgehead atoms. The van der Waals surface area contributed by atoms with Crippen molar-refractivity contribution in [3.63, 3.8) is 0 Å². The third-order valence-corrected chi connectivity index (χ3v) is 1.55. The Hall–Kier alpha value is -1.34. The van der Waals surface area contributed by atoms with E-state index >= 15 is 0 Å². The van der Waals surface area contributed by atoms with Crippen LogP contribution in [0.25, 0.3) is 0 Å². The Balaban J connectivity index is 2.48. The van der Waals surface area contributed by atoms with E-state index in [1.54, 1.807) is 7.11 Å². The Morgan fingerprint density at radius 2 is 2.50 bits per heavy atom. The first-order chi connectivity index (χ1) is 5.86. The van der Waals surface area contributed by atoms with Crippen LogP contribution in [0.4, 0.5) is 0 Å². The molecule has 4 heteroatoms. The van der Waals surface area contributed by atoms with Crippen LogP contribution in [0.1, 0.15) is 0 Å². The number of methoxy groups -OCH3 is 1. The zero-order valence-electron chi connectivity index (χ0n) is 7.10. The number of rotatable bonds is 4. The van der Waals surface area contributed by atoms with Crippen LogP contribution in [-0.2, 0) is 17.8 Å². The summed E-state index contributed by atoms with van der Waals surface area (Å²) in [4.78, 5) is 0. The third-order valence-electron chi connectivity index (χ3n) is 1.55. The number of aromatic nitrogens is 2. The smallest absolute Gasteiger partial charge is 0.244 e. The molecular formula is C8H12N3O+. The van der Waals surface area contributed by atoms with Gasteiger partial charge < -0.3 is 4.74 Å². The molecule has 0 aliphatic carbocycles. The van der Waals surface area contributed by atoms with E-state index in [-0.39, 0.29) is 0 Å². The van der Waals surface area contributed by atoms with Crippen molar-refractivity contribution in [2.24, 2.45) is 0 Å². The van der Waals surface area contributed by atoms with Crippen LogP contribution in [0.5, 0.6) is 0 Å². The second-order valence-electron chi connectivity index (χ2n) is 2.47. The van der Waals surface area contributed by atoms with Crippen molar-refractivity contribution in [2.75, 3.05) is 13.7 Å². The molecule has 0 aliphatic heterocycles. The molecule has 0 spiro atoms. The highest BCUT2D eigenvalue weighted by molar-refractivity contribution is 4.75. The number of hydrogen-bond acceptors (Lipinski definition) is 2. The van der Waals surface area contributed by atoms with Gasteiger partial charge in [0.1, 0.15) is 25.0 Å². The van der Waals surface area contributed by atoms with Crippen LogP contribution < -0.4 is 4.57 Å². The maximum absolute atomic E-state index is 8.40. The molecule has 0 aromatic carbocycles. The van der Waals surface area contributed by atoms with Gasteiger partial charge in [0.05, 0.1) is 6.61 Å². The number of ether oxygens (including phenoxy) is 1. The van der Waals surface area contributed by atoms with Crippen LogP contribution >= 0.6 is 0 Å². The van der Waals surface area contributed by atoms with Crippen LogP contribution in [-0.4, -0.2) is 18.3 Å². The minimum atomic E-state index is 0.403. The molecule has 0 amide bonds. The van der Waals surface area contributed by atoms with E-state index in [9.17, 15) is 0 Å². The summed E-state index contributed by atoms with van der Waals surface area (Å²) in [6.45, 7) is 1.93. The fourth-order valence-electron chi connectivity index (χ4n) is 0.943. The van der Waals surface area contributed by atoms with Crippen molar-refractivity contribution in [1.82, 2.24) is 4.57 Å². The SMILES string of the molecule is COCC[n+]1ccn(CC#N)c1. The van der Waals surface area contributed by atoms with Gasteiger partial charge in [-0.3, -0.25) is 0 Å². The predicted molar refractivity (Wildman–Crippen MR) is 42.1 cm³/mol. The van der Waals surface area contributed by atoms with Gasteiger partial charge in [-0.05, 0) is 0 Å². The van der Waals surface area contributed by atoms with E-state index in [2.05, 4.69) is 6.07 Å². The first kappa shape index (κ1) is 8.75. The van der Waals surface area contributed by atoms with E-state index in [4.69, 9.17) is 10.00 Å². The highest BCUT2D eigenvalue weighted by atomic mass is 16.5. The van der Waals surface area contributed by atoms with Crippen LogP contribution in [0.3, 0.4) is 0 Å². The summed E-state index contributed by atoms with van der Waals surface area (Å²) in [6.07, 6.45) is 5.69. The van der Waals surface area contributed by atoms with E-state index < -0.39 is 0 Å². The molecular weight excluding hydrogens is 154 g/mol. The topological polar surface area (TPSA) is 41.8 Å². The fraction of sp³-hybridized carbons (Fsp3) is 0.500. The van der Waals surface area contributed by atoms with Gasteiger partial charge in [-0.25, -0.2) is 9.13 Å². The summed E-state index contributed by atoms with van der Waals surface area (Å²) in [5.41, 5.74) is 0. The van der Waals surface area contributed by atoms with Gasteiger partial charge in [-0.1, -0.05) is 0 Å². The van der Waals surface area contributed by atoms with E-state index in [1.165, 1.54) is 0 Å². The Kier molecular flexibility index (Phi) is 3.30. The second kappa shape index (κ2) is 4.52. The maximum atomic E-state index is 8.40. The van der Waals surface area contributed by atoms with Gasteiger partial charge in [-0.2, -0.15) is 5.26 Å². The molecule has 4 nitrogen and oxygen atoms in total. The molecule has 0 unspecified atom stereocenters. The quantitative estimate of drug-likeness (QED) is 0.588. The van der Waals surface area contributed by atoms with Gasteiger partial charge in [0.15, 0.2) is 6.54 Å². The van der Waals surface area contributed by atoms with Crippen molar-refractivity contribution < 1.29 is 9.30 Å². The molecule has 0 saturated heterocycles. The second-order valence-corrected chi connectivity index (χ2v) is 2.47. The van der Waals surface area contributed by atoms with Crippen molar-refractivity contribution in [3.8, 4) is 6.07 Å². The van der Waals surface area contributed by atoms with E-state index in [0.29, 0.717) is 13.2 Å². The van der Waals surface area contributed by atoms with Gasteiger partial charge in [-0.15, -0.1) is 0 Å². The minimum absolute atomic E-state index is 0.403. The molecule has 0 aliphatic rings. The summed E-state index contributed by atoms with van der Waals surface area (Å²) >= 11 is 0. The third kappa shape index (κ3) is 2.36. The minimum Gasteiger partial charge on any atom is -0.381 e. The lowest BCUT2D eigenvalue weighted by molar-refractivity contribution is -0.697. The molecule has 12 heavy (non-hydrogen) atoms. The Labute approximate surface area is 71.6 Å². The standard InChI is InChI=1S/C8H12N3O/c1-12-7-6-11-5-4-10(8-11)3-2-9/h4-5,8H,3,6-7H2,1H3/q+1. The lowest BCUT2D eigenvalue weighted by atomic mass is 10.7. The normalized spacial score (nSPS) is 9.67. The predicted octanol–water partition coefficient (Wildman–Crippen LogP) is -0.0544. The van der Waals surface area contributed by atoms with Gasteiger partial charge in [0.2, 0.25) is 6.33 Å². The van der Waals surface area contributed by atoms with Crippen molar-refractivity contribution in [3.05, 3.63) is 18.7 Å². The average Bonchev–Trinajstić information content (AvgIpc) is 2.50. The fourth-order valence-corrected chi connectivity index (χ4v) is 0.943. The molecule has 0 saturated carbocycles. The molecule has 64 valence electrons. The van der Waals surface area contributed by atoms with Crippen molar-refractivity contribution in [2.45, 2.75) is 13.1 Å². The summed E-state index contributed by atoms with van der Waals surface area (Å²) in [6, 6.07) is 2.07. The van der Waals surface area contributed by atoms with Crippen LogP contribution in [0, 0.1) is 11.3 Å². The Morgan fingerprint density at radius 1 is 1.67 bits per heavy atom. The lowest BCUT2D eigenvalue weighted by Crippen LogP contribution is -2.33. The molecule has 1 rings (SSSR count). The van der Waals surface area contributed by atoms with Crippen molar-refractivity contribution >= 4 is 0 Å². The highest BCUT2D eigenvalue weighted by Gasteiger charge is 2.00. The first-order valence-corrected chi connectivity index (χ1v) is 3.77. The Bertz CT molecular complexity index is 274. The van der Waals surface area contributed by atoms with Gasteiger partial charge >= 0.3 is 0 Å². The zero-order chi connectivity index (χ0) is 8.81. The summed E-state index contributed by atoms with van der Waals surface area (Å²) in [7, 11) is 1.67. The molecule has 1 aromatic rings. The van der Waals surface area contributed by atoms with Crippen LogP contribution in [0.2, 0.25) is 0 Å². The van der Waals surface area contributed by atoms with Gasteiger partial charge in [0, 0.05) is 7.11 Å². The van der Waals surface area contributed by atoms with Gasteiger partial charge in [0.25, 0.3) is 0 Å². The highest BCUT2D eigenvalue weighted by Crippen LogP contribution is 1.82. The molecule has 0 N–H and O–H groups in total. The number of hydrogen-bond donors (Lipinski definition) is 0. The van der Waals surface area contributed by atoms with Crippen molar-refractivity contribution in [1.29, 1.82) is 5.26 Å². The number of imidazole rings is 1. The Morgan fingerprint density at radius 3 is 3.17 bits per heavy atom.